The molecule has 1 aromatic heterocycles. The summed E-state index contributed by atoms with van der Waals surface area (Å²) in [7, 11) is 0. The van der Waals surface area contributed by atoms with Gasteiger partial charge in [0.05, 0.1) is 21.7 Å². The van der Waals surface area contributed by atoms with Crippen molar-refractivity contribution in [1.82, 2.24) is 4.98 Å². The van der Waals surface area contributed by atoms with Crippen LogP contribution < -0.4 is 4.90 Å². The van der Waals surface area contributed by atoms with Crippen molar-refractivity contribution in [2.75, 3.05) is 4.90 Å². The van der Waals surface area contributed by atoms with E-state index in [2.05, 4.69) is 4.98 Å². The molecule has 5 nitrogen and oxygen atoms in total. The van der Waals surface area contributed by atoms with Gasteiger partial charge in [0.1, 0.15) is 5.76 Å². The summed E-state index contributed by atoms with van der Waals surface area (Å²) < 4.78 is 27.3. The van der Waals surface area contributed by atoms with Gasteiger partial charge in [-0.05, 0) is 42.0 Å². The molecule has 156 valence electrons. The van der Waals surface area contributed by atoms with E-state index in [9.17, 15) is 23.5 Å². The molecule has 1 atom stereocenters. The number of ketones is 1. The van der Waals surface area contributed by atoms with Crippen LogP contribution in [0.25, 0.3) is 5.76 Å². The number of carbonyl (C=O) groups is 2. The first kappa shape index (κ1) is 21.0. The Balaban J connectivity index is 1.95. The number of Topliss-reactive ketones (excluding diaryl/α,β-unsaturated/α-hetero) is 1. The number of anilines is 1. The molecule has 0 spiro atoms. The first-order chi connectivity index (χ1) is 14.8. The summed E-state index contributed by atoms with van der Waals surface area (Å²) in [6, 6.07) is 9.10. The summed E-state index contributed by atoms with van der Waals surface area (Å²) in [6.45, 7) is 0. The average Bonchev–Trinajstić information content (AvgIpc) is 3.03. The number of carbonyl (C=O) groups excluding carboxylic acids is 2. The highest BCUT2D eigenvalue weighted by atomic mass is 35.5. The lowest BCUT2D eigenvalue weighted by Gasteiger charge is -2.25. The molecule has 1 N–H and O–H groups in total. The average molecular weight is 461 g/mol. The van der Waals surface area contributed by atoms with Gasteiger partial charge in [0.2, 0.25) is 0 Å². The minimum Gasteiger partial charge on any atom is -0.507 e. The van der Waals surface area contributed by atoms with Gasteiger partial charge in [0, 0.05) is 29.7 Å². The molecule has 3 aromatic rings. The molecule has 2 heterocycles. The number of rotatable bonds is 3. The summed E-state index contributed by atoms with van der Waals surface area (Å²) in [5.74, 6) is -4.79. The smallest absolute Gasteiger partial charge is 0.300 e. The molecule has 1 saturated heterocycles. The monoisotopic (exact) mass is 460 g/mol. The molecule has 1 fully saturated rings. The van der Waals surface area contributed by atoms with Crippen molar-refractivity contribution in [2.45, 2.75) is 6.04 Å². The Labute approximate surface area is 185 Å². The van der Waals surface area contributed by atoms with Crippen molar-refractivity contribution in [1.29, 1.82) is 0 Å². The fourth-order valence-corrected chi connectivity index (χ4v) is 3.68. The largest absolute Gasteiger partial charge is 0.507 e. The van der Waals surface area contributed by atoms with Gasteiger partial charge in [-0.25, -0.2) is 8.78 Å². The highest BCUT2D eigenvalue weighted by Gasteiger charge is 2.47. The number of nitrogens with zero attached hydrogens (tertiary/aromatic N) is 2. The number of aliphatic hydroxyl groups is 1. The lowest BCUT2D eigenvalue weighted by Crippen LogP contribution is -2.29. The molecule has 0 aliphatic carbocycles. The number of amides is 1. The molecular formula is C22H12Cl2F2N2O3. The van der Waals surface area contributed by atoms with E-state index < -0.39 is 35.1 Å². The molecular weight excluding hydrogens is 449 g/mol. The Kier molecular flexibility index (Phi) is 5.47. The molecule has 1 unspecified atom stereocenters. The Morgan fingerprint density at radius 2 is 1.77 bits per heavy atom. The number of hydrogen-bond acceptors (Lipinski definition) is 4. The highest BCUT2D eigenvalue weighted by molar-refractivity contribution is 6.51. The summed E-state index contributed by atoms with van der Waals surface area (Å²) in [5.41, 5.74) is 0.240. The van der Waals surface area contributed by atoms with Crippen molar-refractivity contribution in [3.8, 4) is 0 Å². The number of benzene rings is 2. The summed E-state index contributed by atoms with van der Waals surface area (Å²) in [5, 5.41) is 11.3. The zero-order chi connectivity index (χ0) is 22.3. The quantitative estimate of drug-likeness (QED) is 0.327. The van der Waals surface area contributed by atoms with Gasteiger partial charge in [-0.3, -0.25) is 19.5 Å². The maximum atomic E-state index is 13.9. The third-order valence-electron chi connectivity index (χ3n) is 4.82. The normalized spacial score (nSPS) is 17.9. The number of aliphatic hydroxyl groups excluding tert-OH is 1. The molecule has 0 radical (unpaired) electrons. The second-order valence-corrected chi connectivity index (χ2v) is 7.50. The lowest BCUT2D eigenvalue weighted by molar-refractivity contribution is -0.132. The Morgan fingerprint density at radius 3 is 2.42 bits per heavy atom. The topological polar surface area (TPSA) is 70.5 Å². The van der Waals surface area contributed by atoms with E-state index in [4.69, 9.17) is 23.2 Å². The van der Waals surface area contributed by atoms with Crippen molar-refractivity contribution in [2.24, 2.45) is 0 Å². The summed E-state index contributed by atoms with van der Waals surface area (Å²) in [4.78, 5) is 30.8. The zero-order valence-corrected chi connectivity index (χ0v) is 17.0. The van der Waals surface area contributed by atoms with Crippen LogP contribution in [0.4, 0.5) is 14.5 Å². The van der Waals surface area contributed by atoms with Crippen LogP contribution in [-0.4, -0.2) is 21.8 Å². The first-order valence-electron chi connectivity index (χ1n) is 8.91. The van der Waals surface area contributed by atoms with Crippen LogP contribution >= 0.6 is 23.2 Å². The standard InChI is InChI=1S/C22H12Cl2F2N2O3/c23-14-5-3-11(8-15(14)24)20(29)18-19(12-2-1-7-27-10-12)28(22(31)21(18)30)13-4-6-16(25)17(26)9-13/h1-10,19,29H/b20-18+. The fraction of sp³-hybridized carbons (Fsp3) is 0.0455. The van der Waals surface area contributed by atoms with Gasteiger partial charge in [0.15, 0.2) is 11.6 Å². The molecule has 1 amide bonds. The predicted molar refractivity (Wildman–Crippen MR) is 112 cm³/mol. The van der Waals surface area contributed by atoms with E-state index in [-0.39, 0.29) is 26.9 Å². The van der Waals surface area contributed by atoms with E-state index in [1.165, 1.54) is 36.7 Å². The van der Waals surface area contributed by atoms with Crippen LogP contribution in [0, 0.1) is 11.6 Å². The van der Waals surface area contributed by atoms with Gasteiger partial charge in [-0.2, -0.15) is 0 Å². The van der Waals surface area contributed by atoms with Crippen molar-refractivity contribution in [3.63, 3.8) is 0 Å². The van der Waals surface area contributed by atoms with Crippen LogP contribution in [0.5, 0.6) is 0 Å². The van der Waals surface area contributed by atoms with Crippen LogP contribution in [0.3, 0.4) is 0 Å². The first-order valence-corrected chi connectivity index (χ1v) is 9.66. The Hall–Kier alpha value is -3.29. The van der Waals surface area contributed by atoms with Gasteiger partial charge in [0.25, 0.3) is 11.7 Å². The van der Waals surface area contributed by atoms with E-state index in [0.717, 1.165) is 17.0 Å². The van der Waals surface area contributed by atoms with E-state index in [1.807, 2.05) is 0 Å². The second kappa shape index (κ2) is 8.09. The minimum absolute atomic E-state index is 0.0527. The number of hydrogen-bond donors (Lipinski definition) is 1. The third kappa shape index (κ3) is 3.66. The van der Waals surface area contributed by atoms with E-state index in [1.54, 1.807) is 12.1 Å². The Bertz CT molecular complexity index is 1250. The maximum Gasteiger partial charge on any atom is 0.300 e. The second-order valence-electron chi connectivity index (χ2n) is 6.68. The molecule has 1 aliphatic rings. The molecule has 31 heavy (non-hydrogen) atoms. The van der Waals surface area contributed by atoms with Crippen LogP contribution in [0.2, 0.25) is 10.0 Å². The van der Waals surface area contributed by atoms with Crippen LogP contribution in [0.1, 0.15) is 17.2 Å². The predicted octanol–water partition coefficient (Wildman–Crippen LogP) is 5.29. The number of halogens is 4. The molecule has 1 aliphatic heterocycles. The van der Waals surface area contributed by atoms with Crippen molar-refractivity contribution >= 4 is 46.3 Å². The van der Waals surface area contributed by atoms with Gasteiger partial charge in [-0.15, -0.1) is 0 Å². The van der Waals surface area contributed by atoms with E-state index >= 15 is 0 Å². The third-order valence-corrected chi connectivity index (χ3v) is 5.56. The van der Waals surface area contributed by atoms with Gasteiger partial charge < -0.3 is 5.11 Å². The van der Waals surface area contributed by atoms with Crippen molar-refractivity contribution in [3.05, 3.63) is 99.3 Å². The van der Waals surface area contributed by atoms with Crippen LogP contribution in [-0.2, 0) is 9.59 Å². The fourth-order valence-electron chi connectivity index (χ4n) is 3.39. The minimum atomic E-state index is -1.19. The molecule has 2 aromatic carbocycles. The molecule has 0 bridgehead atoms. The van der Waals surface area contributed by atoms with E-state index in [0.29, 0.717) is 5.56 Å². The molecule has 4 rings (SSSR count). The number of aromatic nitrogens is 1. The van der Waals surface area contributed by atoms with Gasteiger partial charge >= 0.3 is 0 Å². The van der Waals surface area contributed by atoms with Gasteiger partial charge in [-0.1, -0.05) is 29.3 Å². The molecule has 0 saturated carbocycles. The molecule has 9 heteroatoms. The Morgan fingerprint density at radius 1 is 1.00 bits per heavy atom. The summed E-state index contributed by atoms with van der Waals surface area (Å²) in [6.07, 6.45) is 2.90. The summed E-state index contributed by atoms with van der Waals surface area (Å²) >= 11 is 11.9. The maximum absolute atomic E-state index is 13.9. The zero-order valence-electron chi connectivity index (χ0n) is 15.5. The van der Waals surface area contributed by atoms with Crippen molar-refractivity contribution < 1.29 is 23.5 Å². The van der Waals surface area contributed by atoms with Crippen LogP contribution in [0.15, 0.2) is 66.5 Å². The number of pyridine rings is 1. The SMILES string of the molecule is O=C1C(=O)N(c2ccc(F)c(F)c2)C(c2cccnc2)/C1=C(\O)c1ccc(Cl)c(Cl)c1. The lowest BCUT2D eigenvalue weighted by atomic mass is 9.96. The highest BCUT2D eigenvalue weighted by Crippen LogP contribution is 2.42.